The van der Waals surface area contributed by atoms with Crippen molar-refractivity contribution in [3.63, 3.8) is 0 Å². The van der Waals surface area contributed by atoms with Gasteiger partial charge in [-0.15, -0.1) is 0 Å². The van der Waals surface area contributed by atoms with E-state index in [0.29, 0.717) is 0 Å². The van der Waals surface area contributed by atoms with Crippen LogP contribution >= 0.6 is 11.6 Å². The van der Waals surface area contributed by atoms with Gasteiger partial charge < -0.3 is 10.4 Å². The van der Waals surface area contributed by atoms with Gasteiger partial charge in [-0.05, 0) is 30.2 Å². The fourth-order valence-electron chi connectivity index (χ4n) is 2.12. The van der Waals surface area contributed by atoms with Crippen LogP contribution in [0.1, 0.15) is 30.1 Å². The Morgan fingerprint density at radius 1 is 1.15 bits per heavy atom. The van der Waals surface area contributed by atoms with Gasteiger partial charge in [-0.3, -0.25) is 0 Å². The zero-order chi connectivity index (χ0) is 14.5. The van der Waals surface area contributed by atoms with Gasteiger partial charge in [-0.1, -0.05) is 48.0 Å². The average Bonchev–Trinajstić information content (AvgIpc) is 2.48. The third-order valence-electron chi connectivity index (χ3n) is 3.28. The molecule has 0 aliphatic carbocycles. The van der Waals surface area contributed by atoms with Crippen LogP contribution in [0.4, 0.5) is 4.39 Å². The van der Waals surface area contributed by atoms with E-state index in [2.05, 4.69) is 5.32 Å². The van der Waals surface area contributed by atoms with Gasteiger partial charge in [0.25, 0.3) is 0 Å². The van der Waals surface area contributed by atoms with E-state index in [9.17, 15) is 9.50 Å². The Morgan fingerprint density at radius 2 is 1.85 bits per heavy atom. The number of benzene rings is 2. The molecule has 20 heavy (non-hydrogen) atoms. The van der Waals surface area contributed by atoms with Gasteiger partial charge in [0.05, 0.1) is 17.7 Å². The molecule has 4 heteroatoms. The summed E-state index contributed by atoms with van der Waals surface area (Å²) in [6, 6.07) is 14.1. The van der Waals surface area contributed by atoms with Gasteiger partial charge in [0.2, 0.25) is 0 Å². The summed E-state index contributed by atoms with van der Waals surface area (Å²) in [5, 5.41) is 12.9. The molecule has 2 aromatic rings. The summed E-state index contributed by atoms with van der Waals surface area (Å²) in [6.45, 7) is 1.90. The Kier molecular flexibility index (Phi) is 5.12. The molecular weight excluding hydrogens is 277 g/mol. The zero-order valence-electron chi connectivity index (χ0n) is 11.2. The van der Waals surface area contributed by atoms with Crippen LogP contribution in [0.25, 0.3) is 0 Å². The average molecular weight is 294 g/mol. The Labute approximate surface area is 123 Å². The Bertz CT molecular complexity index is 562. The SMILES string of the molecule is CC(NC(CO)c1ccccc1)c1ccc(Cl)c(F)c1. The number of hydrogen-bond acceptors (Lipinski definition) is 2. The lowest BCUT2D eigenvalue weighted by molar-refractivity contribution is 0.235. The summed E-state index contributed by atoms with van der Waals surface area (Å²) in [5.41, 5.74) is 1.79. The first-order valence-corrected chi connectivity index (χ1v) is 6.86. The van der Waals surface area contributed by atoms with Crippen molar-refractivity contribution in [1.82, 2.24) is 5.32 Å². The monoisotopic (exact) mass is 293 g/mol. The van der Waals surface area contributed by atoms with Crippen molar-refractivity contribution in [3.05, 3.63) is 70.5 Å². The van der Waals surface area contributed by atoms with Gasteiger partial charge in [-0.25, -0.2) is 4.39 Å². The lowest BCUT2D eigenvalue weighted by atomic mass is 10.0. The van der Waals surface area contributed by atoms with Gasteiger partial charge in [0, 0.05) is 6.04 Å². The van der Waals surface area contributed by atoms with E-state index < -0.39 is 5.82 Å². The highest BCUT2D eigenvalue weighted by atomic mass is 35.5. The quantitative estimate of drug-likeness (QED) is 0.877. The van der Waals surface area contributed by atoms with E-state index >= 15 is 0 Å². The van der Waals surface area contributed by atoms with E-state index in [1.165, 1.54) is 6.07 Å². The molecule has 2 nitrogen and oxygen atoms in total. The summed E-state index contributed by atoms with van der Waals surface area (Å²) in [7, 11) is 0. The lowest BCUT2D eigenvalue weighted by Crippen LogP contribution is -2.27. The van der Waals surface area contributed by atoms with Crippen molar-refractivity contribution in [2.45, 2.75) is 19.0 Å². The molecule has 0 aliphatic rings. The fourth-order valence-corrected chi connectivity index (χ4v) is 2.24. The molecule has 0 heterocycles. The first-order chi connectivity index (χ1) is 9.61. The maximum Gasteiger partial charge on any atom is 0.142 e. The smallest absolute Gasteiger partial charge is 0.142 e. The predicted molar refractivity (Wildman–Crippen MR) is 79.2 cm³/mol. The highest BCUT2D eigenvalue weighted by molar-refractivity contribution is 6.30. The summed E-state index contributed by atoms with van der Waals surface area (Å²) >= 11 is 5.68. The van der Waals surface area contributed by atoms with Gasteiger partial charge in [0.15, 0.2) is 0 Å². The van der Waals surface area contributed by atoms with E-state index in [4.69, 9.17) is 11.6 Å². The molecule has 2 unspecified atom stereocenters. The van der Waals surface area contributed by atoms with Gasteiger partial charge >= 0.3 is 0 Å². The molecule has 0 bridgehead atoms. The standard InChI is InChI=1S/C16H17ClFNO/c1-11(13-7-8-14(17)15(18)9-13)19-16(10-20)12-5-3-2-4-6-12/h2-9,11,16,19-20H,10H2,1H3. The van der Waals surface area contributed by atoms with E-state index in [1.54, 1.807) is 12.1 Å². The molecule has 0 amide bonds. The predicted octanol–water partition coefficient (Wildman–Crippen LogP) is 3.86. The molecule has 106 valence electrons. The second-order valence-corrected chi connectivity index (χ2v) is 5.11. The van der Waals surface area contributed by atoms with Crippen LogP contribution in [0.5, 0.6) is 0 Å². The Morgan fingerprint density at radius 3 is 2.45 bits per heavy atom. The fraction of sp³-hybridized carbons (Fsp3) is 0.250. The number of nitrogens with one attached hydrogen (secondary N) is 1. The zero-order valence-corrected chi connectivity index (χ0v) is 11.9. The lowest BCUT2D eigenvalue weighted by Gasteiger charge is -2.22. The second kappa shape index (κ2) is 6.84. The highest BCUT2D eigenvalue weighted by Gasteiger charge is 2.15. The number of rotatable bonds is 5. The molecule has 2 N–H and O–H groups in total. The molecule has 0 spiro atoms. The minimum Gasteiger partial charge on any atom is -0.394 e. The number of halogens is 2. The van der Waals surface area contributed by atoms with Crippen LogP contribution in [-0.4, -0.2) is 11.7 Å². The summed E-state index contributed by atoms with van der Waals surface area (Å²) in [4.78, 5) is 0. The molecule has 2 aromatic carbocycles. The molecule has 2 rings (SSSR count). The highest BCUT2D eigenvalue weighted by Crippen LogP contribution is 2.23. The third kappa shape index (κ3) is 3.57. The van der Waals surface area contributed by atoms with Crippen molar-refractivity contribution in [2.75, 3.05) is 6.61 Å². The molecular formula is C16H17ClFNO. The summed E-state index contributed by atoms with van der Waals surface area (Å²) in [6.07, 6.45) is 0. The largest absolute Gasteiger partial charge is 0.394 e. The second-order valence-electron chi connectivity index (χ2n) is 4.71. The van der Waals surface area contributed by atoms with E-state index in [0.717, 1.165) is 11.1 Å². The van der Waals surface area contributed by atoms with Crippen molar-refractivity contribution in [2.24, 2.45) is 0 Å². The topological polar surface area (TPSA) is 32.3 Å². The number of aliphatic hydroxyl groups excluding tert-OH is 1. The van der Waals surface area contributed by atoms with Crippen LogP contribution in [-0.2, 0) is 0 Å². The van der Waals surface area contributed by atoms with E-state index in [-0.39, 0.29) is 23.7 Å². The van der Waals surface area contributed by atoms with Gasteiger partial charge in [0.1, 0.15) is 5.82 Å². The van der Waals surface area contributed by atoms with Crippen molar-refractivity contribution >= 4 is 11.6 Å². The molecule has 0 fully saturated rings. The van der Waals surface area contributed by atoms with E-state index in [1.807, 2.05) is 37.3 Å². The minimum atomic E-state index is -0.432. The molecule has 0 aromatic heterocycles. The van der Waals surface area contributed by atoms with Crippen LogP contribution in [0.2, 0.25) is 5.02 Å². The first-order valence-electron chi connectivity index (χ1n) is 6.48. The summed E-state index contributed by atoms with van der Waals surface area (Å²) in [5.74, 6) is -0.432. The maximum absolute atomic E-state index is 13.5. The maximum atomic E-state index is 13.5. The van der Waals surface area contributed by atoms with Crippen LogP contribution in [0, 0.1) is 5.82 Å². The number of aliphatic hydroxyl groups is 1. The van der Waals surface area contributed by atoms with Crippen LogP contribution in [0.15, 0.2) is 48.5 Å². The minimum absolute atomic E-state index is 0.0234. The van der Waals surface area contributed by atoms with Crippen molar-refractivity contribution in [3.8, 4) is 0 Å². The normalized spacial score (nSPS) is 14.0. The molecule has 0 radical (unpaired) electrons. The van der Waals surface area contributed by atoms with Crippen molar-refractivity contribution in [1.29, 1.82) is 0 Å². The number of hydrogen-bond donors (Lipinski definition) is 2. The molecule has 0 aliphatic heterocycles. The Hall–Kier alpha value is -1.42. The van der Waals surface area contributed by atoms with Crippen LogP contribution in [0.3, 0.4) is 0 Å². The molecule has 0 saturated carbocycles. The molecule has 0 saturated heterocycles. The first kappa shape index (κ1) is 15.0. The Balaban J connectivity index is 2.13. The van der Waals surface area contributed by atoms with Crippen LogP contribution < -0.4 is 5.32 Å². The summed E-state index contributed by atoms with van der Waals surface area (Å²) < 4.78 is 13.5. The van der Waals surface area contributed by atoms with Crippen molar-refractivity contribution < 1.29 is 9.50 Å². The molecule has 2 atom stereocenters. The van der Waals surface area contributed by atoms with Gasteiger partial charge in [-0.2, -0.15) is 0 Å². The third-order valence-corrected chi connectivity index (χ3v) is 3.59.